The minimum atomic E-state index is -0.699. The van der Waals surface area contributed by atoms with Crippen molar-refractivity contribution in [2.24, 2.45) is 0 Å². The molecule has 9 nitrogen and oxygen atoms in total. The van der Waals surface area contributed by atoms with Crippen LogP contribution in [0.2, 0.25) is 0 Å². The summed E-state index contributed by atoms with van der Waals surface area (Å²) in [6, 6.07) is 15.3. The number of aromatic amines is 2. The summed E-state index contributed by atoms with van der Waals surface area (Å²) in [4.78, 5) is 43.6. The molecule has 38 heavy (non-hydrogen) atoms. The molecule has 0 spiro atoms. The number of fused-ring (bicyclic) bond motifs is 2. The third kappa shape index (κ3) is 7.23. The van der Waals surface area contributed by atoms with Crippen LogP contribution in [0.15, 0.2) is 60.9 Å². The standard InChI is InChI=1S/C29H35N5O4/c35-27(15-8-9-20-18-31-24-12-5-3-10-22(20)24)33-26(17-21-19-32-25-13-6-4-11-23(21)25)29(37)30-16-7-1-2-14-28(36)34-38/h3-6,10-13,18-19,26,31-32,38H,1-2,7-9,14-17H2,(H,30,37)(H,33,35)(H,34,36). The number of hydrogen-bond donors (Lipinski definition) is 6. The molecular weight excluding hydrogens is 482 g/mol. The van der Waals surface area contributed by atoms with E-state index >= 15 is 0 Å². The first-order valence-corrected chi connectivity index (χ1v) is 13.1. The molecule has 0 saturated carbocycles. The van der Waals surface area contributed by atoms with Crippen molar-refractivity contribution in [2.75, 3.05) is 6.54 Å². The van der Waals surface area contributed by atoms with Crippen LogP contribution in [-0.4, -0.2) is 45.5 Å². The third-order valence-corrected chi connectivity index (χ3v) is 6.78. The summed E-state index contributed by atoms with van der Waals surface area (Å²) in [5, 5.41) is 16.7. The molecule has 2 heterocycles. The Labute approximate surface area is 221 Å². The number of nitrogens with one attached hydrogen (secondary N) is 5. The monoisotopic (exact) mass is 517 g/mol. The van der Waals surface area contributed by atoms with Crippen molar-refractivity contribution < 1.29 is 19.6 Å². The topological polar surface area (TPSA) is 139 Å². The van der Waals surface area contributed by atoms with Crippen molar-refractivity contribution in [1.82, 2.24) is 26.1 Å². The van der Waals surface area contributed by atoms with Crippen LogP contribution in [0.1, 0.15) is 49.7 Å². The zero-order valence-corrected chi connectivity index (χ0v) is 21.4. The van der Waals surface area contributed by atoms with Crippen LogP contribution in [0.3, 0.4) is 0 Å². The summed E-state index contributed by atoms with van der Waals surface area (Å²) in [6.45, 7) is 0.445. The van der Waals surface area contributed by atoms with Gasteiger partial charge >= 0.3 is 0 Å². The van der Waals surface area contributed by atoms with E-state index in [1.807, 2.05) is 54.9 Å². The molecule has 0 fully saturated rings. The molecule has 4 aromatic rings. The van der Waals surface area contributed by atoms with Crippen LogP contribution in [0.5, 0.6) is 0 Å². The molecule has 0 bridgehead atoms. The Morgan fingerprint density at radius 2 is 1.39 bits per heavy atom. The molecule has 2 aromatic carbocycles. The summed E-state index contributed by atoms with van der Waals surface area (Å²) in [5.74, 6) is -0.798. The summed E-state index contributed by atoms with van der Waals surface area (Å²) in [5.41, 5.74) is 5.83. The molecule has 0 aliphatic carbocycles. The maximum atomic E-state index is 13.1. The number of unbranched alkanes of at least 4 members (excludes halogenated alkanes) is 2. The predicted molar refractivity (Wildman–Crippen MR) is 147 cm³/mol. The second-order valence-corrected chi connectivity index (χ2v) is 9.53. The van der Waals surface area contributed by atoms with Gasteiger partial charge in [-0.3, -0.25) is 19.6 Å². The number of carbonyl (C=O) groups excluding carboxylic acids is 3. The molecule has 3 amide bonds. The van der Waals surface area contributed by atoms with Gasteiger partial charge in [-0.25, -0.2) is 5.48 Å². The van der Waals surface area contributed by atoms with Crippen molar-refractivity contribution in [3.05, 3.63) is 72.1 Å². The van der Waals surface area contributed by atoms with Gasteiger partial charge in [-0.1, -0.05) is 42.8 Å². The van der Waals surface area contributed by atoms with E-state index < -0.39 is 11.9 Å². The number of H-pyrrole nitrogens is 2. The molecule has 9 heteroatoms. The fraction of sp³-hybridized carbons (Fsp3) is 0.345. The highest BCUT2D eigenvalue weighted by atomic mass is 16.5. The molecule has 6 N–H and O–H groups in total. The van der Waals surface area contributed by atoms with Gasteiger partial charge in [0.05, 0.1) is 0 Å². The van der Waals surface area contributed by atoms with Gasteiger partial charge in [-0.15, -0.1) is 0 Å². The van der Waals surface area contributed by atoms with Crippen LogP contribution in [0.25, 0.3) is 21.8 Å². The van der Waals surface area contributed by atoms with Gasteiger partial charge in [-0.2, -0.15) is 0 Å². The average molecular weight is 518 g/mol. The van der Waals surface area contributed by atoms with Crippen molar-refractivity contribution in [2.45, 2.75) is 57.4 Å². The van der Waals surface area contributed by atoms with E-state index in [9.17, 15) is 14.4 Å². The second kappa shape index (κ2) is 13.4. The molecule has 4 rings (SSSR count). The smallest absolute Gasteiger partial charge is 0.243 e. The van der Waals surface area contributed by atoms with E-state index in [-0.39, 0.29) is 18.2 Å². The van der Waals surface area contributed by atoms with E-state index in [1.165, 1.54) is 10.9 Å². The number of hydroxylamine groups is 1. The van der Waals surface area contributed by atoms with Gasteiger partial charge < -0.3 is 20.6 Å². The SMILES string of the molecule is O=C(CCCCCNC(=O)C(Cc1c[nH]c2ccccc12)NC(=O)CCCc1c[nH]c2ccccc12)NO. The van der Waals surface area contributed by atoms with Crippen LogP contribution in [-0.2, 0) is 27.2 Å². The normalized spacial score (nSPS) is 11.9. The molecule has 1 unspecified atom stereocenters. The average Bonchev–Trinajstić information content (AvgIpc) is 3.54. The highest BCUT2D eigenvalue weighted by Gasteiger charge is 2.22. The molecular formula is C29H35N5O4. The van der Waals surface area contributed by atoms with Crippen LogP contribution >= 0.6 is 0 Å². The first-order chi connectivity index (χ1) is 18.5. The van der Waals surface area contributed by atoms with Gasteiger partial charge in [0.2, 0.25) is 17.7 Å². The second-order valence-electron chi connectivity index (χ2n) is 9.53. The molecule has 0 radical (unpaired) electrons. The number of aryl methyl sites for hydroxylation is 1. The number of rotatable bonds is 14. The zero-order chi connectivity index (χ0) is 26.7. The Hall–Kier alpha value is -4.11. The Kier molecular flexibility index (Phi) is 9.53. The van der Waals surface area contributed by atoms with Gasteiger partial charge in [0, 0.05) is 60.0 Å². The largest absolute Gasteiger partial charge is 0.361 e. The Morgan fingerprint density at radius 1 is 0.763 bits per heavy atom. The molecule has 0 saturated heterocycles. The molecule has 200 valence electrons. The van der Waals surface area contributed by atoms with Crippen molar-refractivity contribution in [3.63, 3.8) is 0 Å². The lowest BCUT2D eigenvalue weighted by Gasteiger charge is -2.18. The maximum absolute atomic E-state index is 13.1. The first kappa shape index (κ1) is 26.9. The Morgan fingerprint density at radius 3 is 2.11 bits per heavy atom. The van der Waals surface area contributed by atoms with E-state index in [2.05, 4.69) is 26.7 Å². The molecule has 1 atom stereocenters. The lowest BCUT2D eigenvalue weighted by molar-refractivity contribution is -0.129. The Bertz CT molecular complexity index is 1380. The van der Waals surface area contributed by atoms with Gasteiger partial charge in [0.1, 0.15) is 6.04 Å². The summed E-state index contributed by atoms with van der Waals surface area (Å²) < 4.78 is 0. The fourth-order valence-electron chi connectivity index (χ4n) is 4.75. The third-order valence-electron chi connectivity index (χ3n) is 6.78. The van der Waals surface area contributed by atoms with Crippen molar-refractivity contribution in [3.8, 4) is 0 Å². The summed E-state index contributed by atoms with van der Waals surface area (Å²) >= 11 is 0. The van der Waals surface area contributed by atoms with Crippen molar-refractivity contribution >= 4 is 39.5 Å². The number of hydrogen-bond acceptors (Lipinski definition) is 4. The predicted octanol–water partition coefficient (Wildman–Crippen LogP) is 3.88. The van der Waals surface area contributed by atoms with Crippen LogP contribution in [0, 0.1) is 0 Å². The van der Waals surface area contributed by atoms with Crippen molar-refractivity contribution in [1.29, 1.82) is 0 Å². The van der Waals surface area contributed by atoms with E-state index in [0.717, 1.165) is 34.8 Å². The fourth-order valence-corrected chi connectivity index (χ4v) is 4.75. The van der Waals surface area contributed by atoms with Gasteiger partial charge in [0.15, 0.2) is 0 Å². The van der Waals surface area contributed by atoms with Gasteiger partial charge in [0.25, 0.3) is 0 Å². The highest BCUT2D eigenvalue weighted by Crippen LogP contribution is 2.21. The number of amides is 3. The lowest BCUT2D eigenvalue weighted by atomic mass is 10.0. The maximum Gasteiger partial charge on any atom is 0.243 e. The lowest BCUT2D eigenvalue weighted by Crippen LogP contribution is -2.48. The number of aromatic nitrogens is 2. The number of carbonyl (C=O) groups is 3. The molecule has 0 aliphatic heterocycles. The summed E-state index contributed by atoms with van der Waals surface area (Å²) in [6.07, 6.45) is 8.32. The Balaban J connectivity index is 1.32. The minimum Gasteiger partial charge on any atom is -0.361 e. The quantitative estimate of drug-likeness (QED) is 0.0858. The van der Waals surface area contributed by atoms with Gasteiger partial charge in [-0.05, 0) is 48.9 Å². The number of benzene rings is 2. The van der Waals surface area contributed by atoms with Crippen LogP contribution in [0.4, 0.5) is 0 Å². The van der Waals surface area contributed by atoms with E-state index in [4.69, 9.17) is 5.21 Å². The summed E-state index contributed by atoms with van der Waals surface area (Å²) in [7, 11) is 0. The molecule has 0 aliphatic rings. The highest BCUT2D eigenvalue weighted by molar-refractivity contribution is 5.89. The minimum absolute atomic E-state index is 0.153. The molecule has 2 aromatic heterocycles. The first-order valence-electron chi connectivity index (χ1n) is 13.1. The van der Waals surface area contributed by atoms with E-state index in [1.54, 1.807) is 5.48 Å². The zero-order valence-electron chi connectivity index (χ0n) is 21.4. The van der Waals surface area contributed by atoms with E-state index in [0.29, 0.717) is 38.6 Å². The van der Waals surface area contributed by atoms with Crippen LogP contribution < -0.4 is 16.1 Å². The number of para-hydroxylation sites is 2.